The zero-order valence-electron chi connectivity index (χ0n) is 10.5. The number of nitrogens with zero attached hydrogens (tertiary/aromatic N) is 2. The van der Waals surface area contributed by atoms with Crippen molar-refractivity contribution in [2.75, 3.05) is 5.32 Å². The van der Waals surface area contributed by atoms with E-state index in [-0.39, 0.29) is 22.8 Å². The van der Waals surface area contributed by atoms with Gasteiger partial charge >= 0.3 is 0 Å². The van der Waals surface area contributed by atoms with Gasteiger partial charge in [0.15, 0.2) is 0 Å². The van der Waals surface area contributed by atoms with Crippen LogP contribution in [0, 0.1) is 11.6 Å². The summed E-state index contributed by atoms with van der Waals surface area (Å²) in [6.07, 6.45) is 1.33. The predicted molar refractivity (Wildman–Crippen MR) is 81.4 cm³/mol. The van der Waals surface area contributed by atoms with E-state index >= 15 is 0 Å². The second-order valence-electron chi connectivity index (χ2n) is 4.11. The Morgan fingerprint density at radius 1 is 1.00 bits per heavy atom. The highest BCUT2D eigenvalue weighted by Gasteiger charge is 2.09. The molecule has 108 valence electrons. The van der Waals surface area contributed by atoms with Gasteiger partial charge in [-0.05, 0) is 30.3 Å². The standard InChI is InChI=1S/C14H8ClF2N3.ClH/c15-9-6-8(4-5-10(9)16)20-14-13-11(17)2-1-3-12(13)18-7-19-14;/h1-7H,(H,18,19,20);1H. The van der Waals surface area contributed by atoms with Gasteiger partial charge in [-0.25, -0.2) is 18.7 Å². The number of benzene rings is 2. The first-order chi connectivity index (χ1) is 9.65. The van der Waals surface area contributed by atoms with Gasteiger partial charge < -0.3 is 5.32 Å². The van der Waals surface area contributed by atoms with Crippen LogP contribution in [0.5, 0.6) is 0 Å². The van der Waals surface area contributed by atoms with E-state index < -0.39 is 11.6 Å². The van der Waals surface area contributed by atoms with Crippen LogP contribution in [0.3, 0.4) is 0 Å². The Morgan fingerprint density at radius 3 is 2.57 bits per heavy atom. The summed E-state index contributed by atoms with van der Waals surface area (Å²) >= 11 is 5.71. The fourth-order valence-electron chi connectivity index (χ4n) is 1.87. The van der Waals surface area contributed by atoms with Crippen molar-refractivity contribution in [2.24, 2.45) is 0 Å². The summed E-state index contributed by atoms with van der Waals surface area (Å²) in [7, 11) is 0. The monoisotopic (exact) mass is 327 g/mol. The largest absolute Gasteiger partial charge is 0.339 e. The first kappa shape index (κ1) is 15.4. The fraction of sp³-hybridized carbons (Fsp3) is 0. The van der Waals surface area contributed by atoms with Gasteiger partial charge in [-0.15, -0.1) is 12.4 Å². The molecule has 0 aliphatic rings. The van der Waals surface area contributed by atoms with Crippen molar-refractivity contribution in [1.82, 2.24) is 9.97 Å². The lowest BCUT2D eigenvalue weighted by Gasteiger charge is -2.09. The minimum atomic E-state index is -0.518. The highest BCUT2D eigenvalue weighted by Crippen LogP contribution is 2.27. The molecule has 0 atom stereocenters. The topological polar surface area (TPSA) is 37.8 Å². The maximum Gasteiger partial charge on any atom is 0.144 e. The minimum Gasteiger partial charge on any atom is -0.339 e. The van der Waals surface area contributed by atoms with E-state index in [9.17, 15) is 8.78 Å². The Kier molecular flexibility index (Phi) is 4.55. The smallest absolute Gasteiger partial charge is 0.144 e. The lowest BCUT2D eigenvalue weighted by atomic mass is 10.2. The van der Waals surface area contributed by atoms with Crippen LogP contribution in [0.2, 0.25) is 5.02 Å². The molecule has 1 N–H and O–H groups in total. The van der Waals surface area contributed by atoms with Crippen LogP contribution >= 0.6 is 24.0 Å². The zero-order valence-corrected chi connectivity index (χ0v) is 12.1. The maximum absolute atomic E-state index is 13.9. The van der Waals surface area contributed by atoms with Crippen LogP contribution in [0.15, 0.2) is 42.7 Å². The van der Waals surface area contributed by atoms with E-state index in [4.69, 9.17) is 11.6 Å². The summed E-state index contributed by atoms with van der Waals surface area (Å²) in [5, 5.41) is 3.17. The van der Waals surface area contributed by atoms with E-state index in [0.29, 0.717) is 17.0 Å². The zero-order chi connectivity index (χ0) is 14.1. The fourth-order valence-corrected chi connectivity index (χ4v) is 2.05. The summed E-state index contributed by atoms with van der Waals surface area (Å²) < 4.78 is 27.0. The van der Waals surface area contributed by atoms with E-state index in [1.54, 1.807) is 12.1 Å². The SMILES string of the molecule is Cl.Fc1ccc(Nc2ncnc3cccc(F)c23)cc1Cl. The van der Waals surface area contributed by atoms with E-state index in [0.717, 1.165) is 0 Å². The number of aromatic nitrogens is 2. The molecule has 0 fully saturated rings. The van der Waals surface area contributed by atoms with Crippen LogP contribution in [0.25, 0.3) is 10.9 Å². The van der Waals surface area contributed by atoms with Crippen molar-refractivity contribution in [2.45, 2.75) is 0 Å². The van der Waals surface area contributed by atoms with Crippen molar-refractivity contribution in [1.29, 1.82) is 0 Å². The molecule has 0 unspecified atom stereocenters. The third-order valence-electron chi connectivity index (χ3n) is 2.79. The Bertz CT molecular complexity index is 791. The second kappa shape index (κ2) is 6.20. The summed E-state index contributed by atoms with van der Waals surface area (Å²) in [4.78, 5) is 8.01. The number of anilines is 2. The van der Waals surface area contributed by atoms with Crippen LogP contribution in [0.1, 0.15) is 0 Å². The van der Waals surface area contributed by atoms with Gasteiger partial charge in [0, 0.05) is 5.69 Å². The van der Waals surface area contributed by atoms with Crippen LogP contribution in [0.4, 0.5) is 20.3 Å². The minimum absolute atomic E-state index is 0. The molecule has 2 aromatic carbocycles. The Morgan fingerprint density at radius 2 is 1.81 bits per heavy atom. The molecule has 1 heterocycles. The highest BCUT2D eigenvalue weighted by molar-refractivity contribution is 6.31. The number of hydrogen-bond donors (Lipinski definition) is 1. The molecule has 0 saturated heterocycles. The third-order valence-corrected chi connectivity index (χ3v) is 3.08. The molecule has 0 radical (unpaired) electrons. The van der Waals surface area contributed by atoms with Crippen molar-refractivity contribution in [3.63, 3.8) is 0 Å². The van der Waals surface area contributed by atoms with Crippen molar-refractivity contribution >= 4 is 46.4 Å². The molecule has 0 saturated carbocycles. The van der Waals surface area contributed by atoms with Crippen LogP contribution < -0.4 is 5.32 Å². The van der Waals surface area contributed by atoms with E-state index in [1.165, 1.54) is 30.6 Å². The Labute approximate surface area is 130 Å². The molecule has 7 heteroatoms. The molecule has 0 aliphatic heterocycles. The quantitative estimate of drug-likeness (QED) is 0.739. The number of rotatable bonds is 2. The molecule has 3 rings (SSSR count). The first-order valence-corrected chi connectivity index (χ1v) is 6.14. The van der Waals surface area contributed by atoms with Crippen molar-refractivity contribution in [3.8, 4) is 0 Å². The average molecular weight is 328 g/mol. The Balaban J connectivity index is 0.00000161. The van der Waals surface area contributed by atoms with E-state index in [1.807, 2.05) is 0 Å². The molecule has 0 aliphatic carbocycles. The van der Waals surface area contributed by atoms with Gasteiger partial charge in [-0.1, -0.05) is 17.7 Å². The van der Waals surface area contributed by atoms with E-state index in [2.05, 4.69) is 15.3 Å². The summed E-state index contributed by atoms with van der Waals surface area (Å²) in [6, 6.07) is 8.71. The van der Waals surface area contributed by atoms with Crippen LogP contribution in [-0.2, 0) is 0 Å². The van der Waals surface area contributed by atoms with Gasteiger partial charge in [0.05, 0.1) is 15.9 Å². The van der Waals surface area contributed by atoms with Crippen molar-refractivity contribution < 1.29 is 8.78 Å². The van der Waals surface area contributed by atoms with Gasteiger partial charge in [-0.2, -0.15) is 0 Å². The molecule has 0 spiro atoms. The number of halogens is 4. The normalized spacial score (nSPS) is 10.2. The summed E-state index contributed by atoms with van der Waals surface area (Å²) in [6.45, 7) is 0. The van der Waals surface area contributed by atoms with Gasteiger partial charge in [0.2, 0.25) is 0 Å². The number of fused-ring (bicyclic) bond motifs is 1. The summed E-state index contributed by atoms with van der Waals surface area (Å²) in [5.41, 5.74) is 0.996. The van der Waals surface area contributed by atoms with Gasteiger partial charge in [0.1, 0.15) is 23.8 Å². The molecular formula is C14H9Cl2F2N3. The van der Waals surface area contributed by atoms with Gasteiger partial charge in [0.25, 0.3) is 0 Å². The third kappa shape index (κ3) is 3.04. The maximum atomic E-state index is 13.9. The van der Waals surface area contributed by atoms with Gasteiger partial charge in [-0.3, -0.25) is 0 Å². The molecule has 0 bridgehead atoms. The molecule has 1 aromatic heterocycles. The molecule has 3 aromatic rings. The molecule has 3 nitrogen and oxygen atoms in total. The Hall–Kier alpha value is -1.98. The first-order valence-electron chi connectivity index (χ1n) is 5.76. The molecular weight excluding hydrogens is 319 g/mol. The second-order valence-corrected chi connectivity index (χ2v) is 4.52. The number of nitrogens with one attached hydrogen (secondary N) is 1. The average Bonchev–Trinajstić information content (AvgIpc) is 2.43. The predicted octanol–water partition coefficient (Wildman–Crippen LogP) is 4.73. The lowest BCUT2D eigenvalue weighted by molar-refractivity contribution is 0.628. The highest BCUT2D eigenvalue weighted by atomic mass is 35.5. The molecule has 0 amide bonds. The van der Waals surface area contributed by atoms with Crippen LogP contribution in [-0.4, -0.2) is 9.97 Å². The van der Waals surface area contributed by atoms with Crippen molar-refractivity contribution in [3.05, 3.63) is 59.4 Å². The lowest BCUT2D eigenvalue weighted by Crippen LogP contribution is -1.98. The number of hydrogen-bond acceptors (Lipinski definition) is 3. The summed E-state index contributed by atoms with van der Waals surface area (Å²) in [5.74, 6) is -0.648. The molecule has 21 heavy (non-hydrogen) atoms.